The van der Waals surface area contributed by atoms with E-state index in [9.17, 15) is 9.59 Å². The van der Waals surface area contributed by atoms with Gasteiger partial charge < -0.3 is 10.6 Å². The number of fused-ring (bicyclic) bond motifs is 1. The van der Waals surface area contributed by atoms with Gasteiger partial charge in [-0.2, -0.15) is 0 Å². The molecule has 2 N–H and O–H groups in total. The number of hydrogen-bond donors (Lipinski definition) is 2. The summed E-state index contributed by atoms with van der Waals surface area (Å²) in [5.41, 5.74) is 4.55. The lowest BCUT2D eigenvalue weighted by Gasteiger charge is -2.11. The van der Waals surface area contributed by atoms with Gasteiger partial charge in [-0.15, -0.1) is 0 Å². The first kappa shape index (κ1) is 17.2. The molecule has 1 aliphatic carbocycles. The number of carbonyl (C=O) groups is 2. The Kier molecular flexibility index (Phi) is 4.36. The van der Waals surface area contributed by atoms with Gasteiger partial charge in [-0.1, -0.05) is 17.7 Å². The Morgan fingerprint density at radius 2 is 1.70 bits per heavy atom. The Morgan fingerprint density at radius 1 is 0.963 bits per heavy atom. The van der Waals surface area contributed by atoms with Gasteiger partial charge in [0.1, 0.15) is 0 Å². The fraction of sp³-hybridized carbons (Fsp3) is 0.227. The molecule has 1 fully saturated rings. The average molecular weight is 359 g/mol. The third-order valence-corrected chi connectivity index (χ3v) is 4.74. The number of amides is 2. The number of nitrogens with one attached hydrogen (secondary N) is 2. The Bertz CT molecular complexity index is 1050. The topological polar surface area (TPSA) is 71.1 Å². The number of nitrogens with zero attached hydrogens (tertiary/aromatic N) is 1. The van der Waals surface area contributed by atoms with E-state index in [1.54, 1.807) is 12.1 Å². The van der Waals surface area contributed by atoms with Crippen LogP contribution in [0.25, 0.3) is 10.9 Å². The Labute approximate surface area is 157 Å². The molecule has 1 aliphatic rings. The minimum atomic E-state index is -0.214. The standard InChI is InChI=1S/C22H21N3O2/c1-13-6-9-20-16(10-13)11-19(14(2)23-20)22(27)25-18-5-3-4-17(12-18)24-21(26)15-7-8-15/h3-6,9-12,15H,7-8H2,1-2H3,(H,24,26)(H,25,27). The molecule has 1 heterocycles. The predicted octanol–water partition coefficient (Wildman–Crippen LogP) is 4.45. The summed E-state index contributed by atoms with van der Waals surface area (Å²) in [5, 5.41) is 6.74. The second-order valence-electron chi connectivity index (χ2n) is 7.12. The number of benzene rings is 2. The van der Waals surface area contributed by atoms with Crippen molar-refractivity contribution in [1.29, 1.82) is 0 Å². The molecule has 1 saturated carbocycles. The van der Waals surface area contributed by atoms with Crippen LogP contribution in [-0.4, -0.2) is 16.8 Å². The van der Waals surface area contributed by atoms with E-state index in [1.165, 1.54) is 0 Å². The van der Waals surface area contributed by atoms with Gasteiger partial charge >= 0.3 is 0 Å². The van der Waals surface area contributed by atoms with Crippen molar-refractivity contribution < 1.29 is 9.59 Å². The summed E-state index contributed by atoms with van der Waals surface area (Å²) in [6.45, 7) is 3.85. The minimum Gasteiger partial charge on any atom is -0.326 e. The lowest BCUT2D eigenvalue weighted by Crippen LogP contribution is -2.15. The highest BCUT2D eigenvalue weighted by molar-refractivity contribution is 6.07. The van der Waals surface area contributed by atoms with E-state index in [-0.39, 0.29) is 17.7 Å². The number of rotatable bonds is 4. The van der Waals surface area contributed by atoms with Gasteiger partial charge in [0.15, 0.2) is 0 Å². The van der Waals surface area contributed by atoms with E-state index in [0.717, 1.165) is 29.3 Å². The Hall–Kier alpha value is -3.21. The van der Waals surface area contributed by atoms with Crippen LogP contribution >= 0.6 is 0 Å². The first-order valence-corrected chi connectivity index (χ1v) is 9.10. The highest BCUT2D eigenvalue weighted by Gasteiger charge is 2.29. The third kappa shape index (κ3) is 3.82. The molecular weight excluding hydrogens is 338 g/mol. The number of anilines is 2. The fourth-order valence-corrected chi connectivity index (χ4v) is 3.09. The first-order chi connectivity index (χ1) is 13.0. The first-order valence-electron chi connectivity index (χ1n) is 9.10. The summed E-state index contributed by atoms with van der Waals surface area (Å²) in [6.07, 6.45) is 1.91. The summed E-state index contributed by atoms with van der Waals surface area (Å²) in [5.74, 6) is -0.0319. The largest absolute Gasteiger partial charge is 0.326 e. The van der Waals surface area contributed by atoms with Gasteiger partial charge in [0, 0.05) is 22.7 Å². The van der Waals surface area contributed by atoms with E-state index in [1.807, 2.05) is 50.2 Å². The molecule has 5 nitrogen and oxygen atoms in total. The van der Waals surface area contributed by atoms with Crippen molar-refractivity contribution >= 4 is 34.1 Å². The van der Waals surface area contributed by atoms with E-state index in [0.29, 0.717) is 22.6 Å². The molecule has 3 aromatic rings. The molecular formula is C22H21N3O2. The van der Waals surface area contributed by atoms with Crippen molar-refractivity contribution in [2.24, 2.45) is 5.92 Å². The zero-order valence-corrected chi connectivity index (χ0v) is 15.4. The molecule has 2 aromatic carbocycles. The van der Waals surface area contributed by atoms with Gasteiger partial charge in [0.2, 0.25) is 5.91 Å². The third-order valence-electron chi connectivity index (χ3n) is 4.74. The molecule has 0 saturated heterocycles. The van der Waals surface area contributed by atoms with Crippen LogP contribution < -0.4 is 10.6 Å². The maximum absolute atomic E-state index is 12.8. The van der Waals surface area contributed by atoms with Gasteiger partial charge in [-0.3, -0.25) is 14.6 Å². The minimum absolute atomic E-state index is 0.0448. The monoisotopic (exact) mass is 359 g/mol. The summed E-state index contributed by atoms with van der Waals surface area (Å²) in [4.78, 5) is 29.2. The van der Waals surface area contributed by atoms with E-state index >= 15 is 0 Å². The molecule has 4 rings (SSSR count). The molecule has 0 unspecified atom stereocenters. The second-order valence-corrected chi connectivity index (χ2v) is 7.12. The van der Waals surface area contributed by atoms with Crippen molar-refractivity contribution in [1.82, 2.24) is 4.98 Å². The van der Waals surface area contributed by atoms with Crippen LogP contribution in [0.15, 0.2) is 48.5 Å². The van der Waals surface area contributed by atoms with E-state index in [4.69, 9.17) is 0 Å². The quantitative estimate of drug-likeness (QED) is 0.723. The molecule has 0 radical (unpaired) electrons. The van der Waals surface area contributed by atoms with Crippen LogP contribution in [0.4, 0.5) is 11.4 Å². The van der Waals surface area contributed by atoms with Crippen molar-refractivity contribution in [3.05, 3.63) is 65.4 Å². The molecule has 5 heteroatoms. The van der Waals surface area contributed by atoms with Crippen LogP contribution in [0.2, 0.25) is 0 Å². The lowest BCUT2D eigenvalue weighted by atomic mass is 10.1. The van der Waals surface area contributed by atoms with Crippen molar-refractivity contribution in [2.45, 2.75) is 26.7 Å². The zero-order valence-electron chi connectivity index (χ0n) is 15.4. The lowest BCUT2D eigenvalue weighted by molar-refractivity contribution is -0.117. The number of aryl methyl sites for hydroxylation is 2. The van der Waals surface area contributed by atoms with Gasteiger partial charge in [0.05, 0.1) is 16.8 Å². The van der Waals surface area contributed by atoms with Crippen molar-refractivity contribution in [3.8, 4) is 0 Å². The molecule has 2 amide bonds. The molecule has 0 aliphatic heterocycles. The summed E-state index contributed by atoms with van der Waals surface area (Å²) >= 11 is 0. The van der Waals surface area contributed by atoms with Gasteiger partial charge in [-0.25, -0.2) is 0 Å². The maximum Gasteiger partial charge on any atom is 0.257 e. The van der Waals surface area contributed by atoms with Crippen molar-refractivity contribution in [2.75, 3.05) is 10.6 Å². The fourth-order valence-electron chi connectivity index (χ4n) is 3.09. The molecule has 136 valence electrons. The smallest absolute Gasteiger partial charge is 0.257 e. The Morgan fingerprint density at radius 3 is 2.44 bits per heavy atom. The maximum atomic E-state index is 12.8. The highest BCUT2D eigenvalue weighted by atomic mass is 16.2. The van der Waals surface area contributed by atoms with Crippen LogP contribution in [-0.2, 0) is 4.79 Å². The molecule has 0 spiro atoms. The predicted molar refractivity (Wildman–Crippen MR) is 107 cm³/mol. The number of carbonyl (C=O) groups excluding carboxylic acids is 2. The highest BCUT2D eigenvalue weighted by Crippen LogP contribution is 2.30. The zero-order chi connectivity index (χ0) is 19.0. The van der Waals surface area contributed by atoms with Gasteiger partial charge in [-0.05, 0) is 63.1 Å². The van der Waals surface area contributed by atoms with Crippen molar-refractivity contribution in [3.63, 3.8) is 0 Å². The van der Waals surface area contributed by atoms with Crippen LogP contribution in [0.5, 0.6) is 0 Å². The molecule has 1 aromatic heterocycles. The summed E-state index contributed by atoms with van der Waals surface area (Å²) in [6, 6.07) is 15.1. The van der Waals surface area contributed by atoms with E-state index in [2.05, 4.69) is 15.6 Å². The molecule has 27 heavy (non-hydrogen) atoms. The van der Waals surface area contributed by atoms with E-state index < -0.39 is 0 Å². The summed E-state index contributed by atoms with van der Waals surface area (Å²) in [7, 11) is 0. The van der Waals surface area contributed by atoms with Crippen LogP contribution in [0.1, 0.15) is 34.5 Å². The Balaban J connectivity index is 1.56. The number of aromatic nitrogens is 1. The summed E-state index contributed by atoms with van der Waals surface area (Å²) < 4.78 is 0. The molecule has 0 atom stereocenters. The normalized spacial score (nSPS) is 13.4. The van der Waals surface area contributed by atoms with Crippen LogP contribution in [0.3, 0.4) is 0 Å². The number of pyridine rings is 1. The van der Waals surface area contributed by atoms with Gasteiger partial charge in [0.25, 0.3) is 5.91 Å². The average Bonchev–Trinajstić information content (AvgIpc) is 3.47. The van der Waals surface area contributed by atoms with Crippen LogP contribution in [0, 0.1) is 19.8 Å². The SMILES string of the molecule is Cc1ccc2nc(C)c(C(=O)Nc3cccc(NC(=O)C4CC4)c3)cc2c1. The second kappa shape index (κ2) is 6.83. The number of hydrogen-bond acceptors (Lipinski definition) is 3. The molecule has 0 bridgehead atoms.